The van der Waals surface area contributed by atoms with Crippen LogP contribution in [0, 0.1) is 0 Å². The molecule has 3 heteroatoms. The summed E-state index contributed by atoms with van der Waals surface area (Å²) in [4.78, 5) is 4.39. The molecule has 1 saturated carbocycles. The maximum atomic E-state index is 5.71. The summed E-state index contributed by atoms with van der Waals surface area (Å²) >= 11 is 1.94. The lowest BCUT2D eigenvalue weighted by atomic mass is 10.3. The van der Waals surface area contributed by atoms with Crippen molar-refractivity contribution < 1.29 is 0 Å². The Morgan fingerprint density at radius 3 is 2.67 bits per heavy atom. The van der Waals surface area contributed by atoms with E-state index in [4.69, 9.17) is 5.73 Å². The third kappa shape index (κ3) is 2.70. The van der Waals surface area contributed by atoms with Gasteiger partial charge in [-0.15, -0.1) is 0 Å². The Hall–Kier alpha value is -0.180. The molecule has 2 N–H and O–H groups in total. The van der Waals surface area contributed by atoms with Gasteiger partial charge in [0.1, 0.15) is 0 Å². The highest BCUT2D eigenvalue weighted by atomic mass is 32.2. The van der Waals surface area contributed by atoms with Crippen LogP contribution in [0.15, 0.2) is 4.99 Å². The molecule has 12 heavy (non-hydrogen) atoms. The smallest absolute Gasteiger partial charge is 0.0937 e. The molecule has 0 aromatic heterocycles. The van der Waals surface area contributed by atoms with E-state index >= 15 is 0 Å². The maximum absolute atomic E-state index is 5.71. The predicted octanol–water partition coefficient (Wildman–Crippen LogP) is 2.04. The van der Waals surface area contributed by atoms with E-state index < -0.39 is 0 Å². The fourth-order valence-electron chi connectivity index (χ4n) is 1.15. The minimum atomic E-state index is 0.471. The van der Waals surface area contributed by atoms with Crippen molar-refractivity contribution >= 4 is 17.6 Å². The van der Waals surface area contributed by atoms with Gasteiger partial charge in [0, 0.05) is 11.2 Å². The summed E-state index contributed by atoms with van der Waals surface area (Å²) in [5, 5.41) is 0. The average Bonchev–Trinajstić information content (AvgIpc) is 2.82. The monoisotopic (exact) mass is 186 g/mol. The van der Waals surface area contributed by atoms with Gasteiger partial charge >= 0.3 is 0 Å². The summed E-state index contributed by atoms with van der Waals surface area (Å²) < 4.78 is 0.471. The van der Waals surface area contributed by atoms with Gasteiger partial charge in [0.2, 0.25) is 0 Å². The van der Waals surface area contributed by atoms with Crippen molar-refractivity contribution in [2.75, 3.05) is 12.8 Å². The Bertz CT molecular complexity index is 173. The second-order valence-corrected chi connectivity index (χ2v) is 4.72. The zero-order chi connectivity index (χ0) is 9.03. The molecule has 0 atom stereocenters. The molecule has 0 amide bonds. The van der Waals surface area contributed by atoms with Crippen LogP contribution in [0.25, 0.3) is 0 Å². The number of thioether (sulfide) groups is 1. The number of amidine groups is 1. The summed E-state index contributed by atoms with van der Waals surface area (Å²) in [7, 11) is 0. The molecule has 1 fully saturated rings. The lowest BCUT2D eigenvalue weighted by Gasteiger charge is -2.08. The van der Waals surface area contributed by atoms with Crippen LogP contribution in [0.3, 0.4) is 0 Å². The number of hydrogen-bond donors (Lipinski definition) is 1. The molecule has 0 aromatic carbocycles. The normalized spacial score (nSPS) is 21.0. The number of nitrogens with two attached hydrogens (primary N) is 1. The van der Waals surface area contributed by atoms with Crippen LogP contribution in [-0.2, 0) is 0 Å². The van der Waals surface area contributed by atoms with Crippen LogP contribution >= 0.6 is 11.8 Å². The molecular formula is C9H18N2S. The highest BCUT2D eigenvalue weighted by Crippen LogP contribution is 2.47. The molecule has 0 radical (unpaired) electrons. The Labute approximate surface area is 79.0 Å². The molecule has 1 rings (SSSR count). The summed E-state index contributed by atoms with van der Waals surface area (Å²) in [5.74, 6) is 0.831. The van der Waals surface area contributed by atoms with Crippen molar-refractivity contribution in [3.8, 4) is 0 Å². The van der Waals surface area contributed by atoms with Crippen LogP contribution in [0.5, 0.6) is 0 Å². The zero-order valence-corrected chi connectivity index (χ0v) is 8.78. The quantitative estimate of drug-likeness (QED) is 0.527. The minimum Gasteiger partial charge on any atom is -0.387 e. The number of rotatable bonds is 5. The number of hydrogen-bond acceptors (Lipinski definition) is 2. The summed E-state index contributed by atoms with van der Waals surface area (Å²) in [6.07, 6.45) is 6.85. The molecule has 0 bridgehead atoms. The van der Waals surface area contributed by atoms with Gasteiger partial charge in [-0.1, -0.05) is 6.92 Å². The fourth-order valence-corrected chi connectivity index (χ4v) is 1.85. The van der Waals surface area contributed by atoms with Crippen molar-refractivity contribution in [2.45, 2.75) is 37.4 Å². The molecule has 70 valence electrons. The van der Waals surface area contributed by atoms with Gasteiger partial charge in [0.05, 0.1) is 12.4 Å². The summed E-state index contributed by atoms with van der Waals surface area (Å²) in [6.45, 7) is 3.06. The summed E-state index contributed by atoms with van der Waals surface area (Å²) in [6, 6.07) is 0. The van der Waals surface area contributed by atoms with Gasteiger partial charge in [0.25, 0.3) is 0 Å². The van der Waals surface area contributed by atoms with E-state index in [2.05, 4.69) is 18.2 Å². The largest absolute Gasteiger partial charge is 0.387 e. The van der Waals surface area contributed by atoms with Crippen LogP contribution in [0.4, 0.5) is 0 Å². The average molecular weight is 186 g/mol. The molecule has 0 heterocycles. The second kappa shape index (κ2) is 4.17. The molecule has 2 nitrogen and oxygen atoms in total. The Morgan fingerprint density at radius 1 is 1.58 bits per heavy atom. The van der Waals surface area contributed by atoms with Gasteiger partial charge in [-0.3, -0.25) is 4.99 Å². The fraction of sp³-hybridized carbons (Fsp3) is 0.889. The molecule has 0 aliphatic heterocycles. The van der Waals surface area contributed by atoms with Gasteiger partial charge in [-0.25, -0.2) is 0 Å². The topological polar surface area (TPSA) is 38.4 Å². The lowest BCUT2D eigenvalue weighted by molar-refractivity contribution is 0.883. The van der Waals surface area contributed by atoms with E-state index in [0.29, 0.717) is 4.75 Å². The molecule has 0 aromatic rings. The van der Waals surface area contributed by atoms with E-state index in [1.165, 1.54) is 12.8 Å². The van der Waals surface area contributed by atoms with Gasteiger partial charge in [-0.2, -0.15) is 11.8 Å². The van der Waals surface area contributed by atoms with Crippen LogP contribution in [0.1, 0.15) is 32.6 Å². The Kier molecular flexibility index (Phi) is 3.44. The van der Waals surface area contributed by atoms with Crippen LogP contribution in [-0.4, -0.2) is 23.4 Å². The van der Waals surface area contributed by atoms with E-state index in [0.717, 1.165) is 25.2 Å². The van der Waals surface area contributed by atoms with E-state index in [-0.39, 0.29) is 0 Å². The predicted molar refractivity (Wildman–Crippen MR) is 56.9 cm³/mol. The molecule has 0 spiro atoms. The summed E-state index contributed by atoms with van der Waals surface area (Å²) in [5.41, 5.74) is 5.71. The zero-order valence-electron chi connectivity index (χ0n) is 7.97. The van der Waals surface area contributed by atoms with Gasteiger partial charge in [-0.05, 0) is 25.5 Å². The minimum absolute atomic E-state index is 0.471. The van der Waals surface area contributed by atoms with Gasteiger partial charge < -0.3 is 5.73 Å². The number of aliphatic imine (C=N–C) groups is 1. The Balaban J connectivity index is 2.27. The first kappa shape index (κ1) is 9.90. The van der Waals surface area contributed by atoms with Crippen molar-refractivity contribution in [2.24, 2.45) is 10.7 Å². The first-order valence-corrected chi connectivity index (χ1v) is 5.79. The highest BCUT2D eigenvalue weighted by Gasteiger charge is 2.41. The first-order valence-electron chi connectivity index (χ1n) is 4.56. The SMILES string of the molecule is CCCC(N)=NCC1(SC)CC1. The van der Waals surface area contributed by atoms with Crippen molar-refractivity contribution in [3.05, 3.63) is 0 Å². The first-order chi connectivity index (χ1) is 5.72. The molecule has 0 unspecified atom stereocenters. The highest BCUT2D eigenvalue weighted by molar-refractivity contribution is 8.00. The maximum Gasteiger partial charge on any atom is 0.0937 e. The number of nitrogens with zero attached hydrogens (tertiary/aromatic N) is 1. The van der Waals surface area contributed by atoms with Crippen molar-refractivity contribution in [1.29, 1.82) is 0 Å². The molecule has 1 aliphatic rings. The van der Waals surface area contributed by atoms with E-state index in [1.807, 2.05) is 11.8 Å². The second-order valence-electron chi connectivity index (χ2n) is 3.44. The van der Waals surface area contributed by atoms with E-state index in [1.54, 1.807) is 0 Å². The lowest BCUT2D eigenvalue weighted by Crippen LogP contribution is -2.15. The van der Waals surface area contributed by atoms with Crippen molar-refractivity contribution in [3.63, 3.8) is 0 Å². The van der Waals surface area contributed by atoms with Crippen molar-refractivity contribution in [1.82, 2.24) is 0 Å². The Morgan fingerprint density at radius 2 is 2.25 bits per heavy atom. The third-order valence-electron chi connectivity index (χ3n) is 2.32. The molecular weight excluding hydrogens is 168 g/mol. The molecule has 0 saturated heterocycles. The standard InChI is InChI=1S/C9H18N2S/c1-3-4-8(10)11-7-9(12-2)5-6-9/h3-7H2,1-2H3,(H2,10,11). The third-order valence-corrected chi connectivity index (χ3v) is 3.72. The molecule has 1 aliphatic carbocycles. The van der Waals surface area contributed by atoms with Crippen LogP contribution < -0.4 is 5.73 Å². The van der Waals surface area contributed by atoms with Gasteiger partial charge in [0.15, 0.2) is 0 Å². The van der Waals surface area contributed by atoms with E-state index in [9.17, 15) is 0 Å². The van der Waals surface area contributed by atoms with Crippen LogP contribution in [0.2, 0.25) is 0 Å².